The van der Waals surface area contributed by atoms with Crippen molar-refractivity contribution in [1.82, 2.24) is 4.98 Å². The molecule has 1 aromatic carbocycles. The van der Waals surface area contributed by atoms with Crippen molar-refractivity contribution in [3.05, 3.63) is 24.1 Å². The van der Waals surface area contributed by atoms with E-state index < -0.39 is 0 Å². The molecule has 0 radical (unpaired) electrons. The molecule has 6 heteroatoms. The third-order valence-corrected chi connectivity index (χ3v) is 2.74. The molecular weight excluding hydrogens is 258 g/mol. The summed E-state index contributed by atoms with van der Waals surface area (Å²) in [5, 5.41) is 2.79. The molecule has 0 saturated carbocycles. The number of nitrogens with one attached hydrogen (secondary N) is 1. The fourth-order valence-electron chi connectivity index (χ4n) is 1.85. The summed E-state index contributed by atoms with van der Waals surface area (Å²) in [5.41, 5.74) is 7.69. The summed E-state index contributed by atoms with van der Waals surface area (Å²) in [4.78, 5) is 16.0. The van der Waals surface area contributed by atoms with Gasteiger partial charge in [-0.15, -0.1) is 0 Å². The number of methoxy groups -OCH3 is 1. The first-order chi connectivity index (χ1) is 9.58. The van der Waals surface area contributed by atoms with Crippen molar-refractivity contribution in [1.29, 1.82) is 0 Å². The number of carbonyl (C=O) groups excluding carboxylic acids is 1. The highest BCUT2D eigenvalue weighted by molar-refractivity contribution is 5.93. The molecule has 1 heterocycles. The van der Waals surface area contributed by atoms with Crippen LogP contribution in [-0.4, -0.2) is 30.6 Å². The Morgan fingerprint density at radius 1 is 1.55 bits per heavy atom. The minimum absolute atomic E-state index is 0.109. The number of benzene rings is 1. The van der Waals surface area contributed by atoms with Gasteiger partial charge in [0.2, 0.25) is 5.91 Å². The van der Waals surface area contributed by atoms with Gasteiger partial charge >= 0.3 is 0 Å². The van der Waals surface area contributed by atoms with Crippen LogP contribution in [-0.2, 0) is 16.0 Å². The van der Waals surface area contributed by atoms with Crippen molar-refractivity contribution >= 4 is 22.7 Å². The minimum atomic E-state index is -0.161. The van der Waals surface area contributed by atoms with Crippen molar-refractivity contribution in [2.45, 2.75) is 25.8 Å². The first kappa shape index (κ1) is 14.5. The van der Waals surface area contributed by atoms with Crippen molar-refractivity contribution in [3.8, 4) is 0 Å². The molecule has 1 atom stereocenters. The lowest BCUT2D eigenvalue weighted by atomic mass is 10.2. The zero-order valence-corrected chi connectivity index (χ0v) is 11.7. The van der Waals surface area contributed by atoms with E-state index in [9.17, 15) is 4.79 Å². The second-order valence-corrected chi connectivity index (χ2v) is 4.76. The lowest BCUT2D eigenvalue weighted by Crippen LogP contribution is -2.23. The van der Waals surface area contributed by atoms with E-state index >= 15 is 0 Å². The quantitative estimate of drug-likeness (QED) is 0.838. The lowest BCUT2D eigenvalue weighted by molar-refractivity contribution is -0.116. The third-order valence-electron chi connectivity index (χ3n) is 2.74. The summed E-state index contributed by atoms with van der Waals surface area (Å²) in [7, 11) is 1.63. The SMILES string of the molecule is COCCc1nc2cc(NC(=O)CC(C)N)ccc2o1. The normalized spacial score (nSPS) is 12.6. The molecule has 2 rings (SSSR count). The van der Waals surface area contributed by atoms with Gasteiger partial charge in [-0.2, -0.15) is 0 Å². The second kappa shape index (κ2) is 6.49. The summed E-state index contributed by atoms with van der Waals surface area (Å²) in [6.45, 7) is 2.35. The third kappa shape index (κ3) is 3.79. The largest absolute Gasteiger partial charge is 0.441 e. The number of oxazole rings is 1. The predicted octanol–water partition coefficient (Wildman–Crippen LogP) is 1.69. The van der Waals surface area contributed by atoms with E-state index in [2.05, 4.69) is 10.3 Å². The number of fused-ring (bicyclic) bond motifs is 1. The van der Waals surface area contributed by atoms with Gasteiger partial charge in [-0.3, -0.25) is 4.79 Å². The van der Waals surface area contributed by atoms with Crippen molar-refractivity contribution in [2.24, 2.45) is 5.73 Å². The molecule has 20 heavy (non-hydrogen) atoms. The Kier molecular flexibility index (Phi) is 4.70. The molecular formula is C14H19N3O3. The highest BCUT2D eigenvalue weighted by Crippen LogP contribution is 2.20. The fraction of sp³-hybridized carbons (Fsp3) is 0.429. The van der Waals surface area contributed by atoms with Gasteiger partial charge in [-0.25, -0.2) is 4.98 Å². The molecule has 0 fully saturated rings. The van der Waals surface area contributed by atoms with Gasteiger partial charge in [0, 0.05) is 31.7 Å². The average molecular weight is 277 g/mol. The van der Waals surface area contributed by atoms with Crippen molar-refractivity contribution < 1.29 is 13.9 Å². The van der Waals surface area contributed by atoms with E-state index in [4.69, 9.17) is 14.9 Å². The molecule has 1 aromatic heterocycles. The number of anilines is 1. The second-order valence-electron chi connectivity index (χ2n) is 4.76. The number of aromatic nitrogens is 1. The molecule has 2 aromatic rings. The zero-order chi connectivity index (χ0) is 14.5. The summed E-state index contributed by atoms with van der Waals surface area (Å²) in [5.74, 6) is 0.517. The van der Waals surface area contributed by atoms with Gasteiger partial charge in [0.25, 0.3) is 0 Å². The lowest BCUT2D eigenvalue weighted by Gasteiger charge is -2.06. The maximum atomic E-state index is 11.7. The van der Waals surface area contributed by atoms with Crippen molar-refractivity contribution in [2.75, 3.05) is 19.0 Å². The number of ether oxygens (including phenoxy) is 1. The Morgan fingerprint density at radius 2 is 2.35 bits per heavy atom. The molecule has 108 valence electrons. The molecule has 6 nitrogen and oxygen atoms in total. The monoisotopic (exact) mass is 277 g/mol. The number of nitrogens with zero attached hydrogens (tertiary/aromatic N) is 1. The van der Waals surface area contributed by atoms with E-state index in [-0.39, 0.29) is 18.4 Å². The van der Waals surface area contributed by atoms with Crippen LogP contribution < -0.4 is 11.1 Å². The fourth-order valence-corrected chi connectivity index (χ4v) is 1.85. The average Bonchev–Trinajstić information content (AvgIpc) is 2.77. The van der Waals surface area contributed by atoms with Crippen LogP contribution in [0.1, 0.15) is 19.2 Å². The molecule has 0 aliphatic rings. The van der Waals surface area contributed by atoms with Crippen LogP contribution in [0.3, 0.4) is 0 Å². The first-order valence-electron chi connectivity index (χ1n) is 6.52. The Labute approximate surface area is 117 Å². The van der Waals surface area contributed by atoms with Crippen LogP contribution in [0.2, 0.25) is 0 Å². The Morgan fingerprint density at radius 3 is 3.05 bits per heavy atom. The van der Waals surface area contributed by atoms with E-state index in [0.717, 1.165) is 5.52 Å². The number of rotatable bonds is 6. The van der Waals surface area contributed by atoms with E-state index in [1.807, 2.05) is 0 Å². The molecule has 0 aliphatic carbocycles. The summed E-state index contributed by atoms with van der Waals surface area (Å²) in [6, 6.07) is 5.20. The predicted molar refractivity (Wildman–Crippen MR) is 76.5 cm³/mol. The summed E-state index contributed by atoms with van der Waals surface area (Å²) < 4.78 is 10.6. The number of amides is 1. The maximum Gasteiger partial charge on any atom is 0.225 e. The van der Waals surface area contributed by atoms with Gasteiger partial charge in [-0.1, -0.05) is 0 Å². The summed E-state index contributed by atoms with van der Waals surface area (Å²) in [6.07, 6.45) is 0.910. The summed E-state index contributed by atoms with van der Waals surface area (Å²) >= 11 is 0. The van der Waals surface area contributed by atoms with Crippen molar-refractivity contribution in [3.63, 3.8) is 0 Å². The number of nitrogens with two attached hydrogens (primary N) is 1. The topological polar surface area (TPSA) is 90.4 Å². The number of carbonyl (C=O) groups is 1. The Balaban J connectivity index is 2.10. The number of hydrogen-bond donors (Lipinski definition) is 2. The molecule has 3 N–H and O–H groups in total. The van der Waals surface area contributed by atoms with Gasteiger partial charge < -0.3 is 20.2 Å². The Bertz CT molecular complexity index is 592. The smallest absolute Gasteiger partial charge is 0.225 e. The van der Waals surface area contributed by atoms with E-state index in [1.54, 1.807) is 32.2 Å². The van der Waals surface area contributed by atoms with Gasteiger partial charge in [0.1, 0.15) is 5.52 Å². The van der Waals surface area contributed by atoms with Crippen LogP contribution in [0.4, 0.5) is 5.69 Å². The molecule has 1 amide bonds. The van der Waals surface area contributed by atoms with Crippen LogP contribution in [0.25, 0.3) is 11.1 Å². The van der Waals surface area contributed by atoms with Crippen LogP contribution >= 0.6 is 0 Å². The number of hydrogen-bond acceptors (Lipinski definition) is 5. The first-order valence-corrected chi connectivity index (χ1v) is 6.52. The van der Waals surface area contributed by atoms with Crippen LogP contribution in [0.5, 0.6) is 0 Å². The van der Waals surface area contributed by atoms with Gasteiger partial charge in [0.15, 0.2) is 11.5 Å². The molecule has 0 aliphatic heterocycles. The maximum absolute atomic E-state index is 11.7. The molecule has 0 spiro atoms. The molecule has 1 unspecified atom stereocenters. The highest BCUT2D eigenvalue weighted by atomic mass is 16.5. The van der Waals surface area contributed by atoms with Gasteiger partial charge in [0.05, 0.1) is 6.61 Å². The van der Waals surface area contributed by atoms with E-state index in [1.165, 1.54) is 0 Å². The molecule has 0 bridgehead atoms. The zero-order valence-electron chi connectivity index (χ0n) is 11.7. The molecule has 0 saturated heterocycles. The highest BCUT2D eigenvalue weighted by Gasteiger charge is 2.09. The minimum Gasteiger partial charge on any atom is -0.441 e. The Hall–Kier alpha value is -1.92. The van der Waals surface area contributed by atoms with Gasteiger partial charge in [-0.05, 0) is 25.1 Å². The van der Waals surface area contributed by atoms with E-state index in [0.29, 0.717) is 30.2 Å². The van der Waals surface area contributed by atoms with Crippen LogP contribution in [0, 0.1) is 0 Å². The van der Waals surface area contributed by atoms with Crippen LogP contribution in [0.15, 0.2) is 22.6 Å². The standard InChI is InChI=1S/C14H19N3O3/c1-9(15)7-13(18)16-10-3-4-12-11(8-10)17-14(20-12)5-6-19-2/h3-4,8-9H,5-7,15H2,1-2H3,(H,16,18).